The largest absolute Gasteiger partial charge is 0.385 e. The van der Waals surface area contributed by atoms with Crippen LogP contribution in [0.15, 0.2) is 98.5 Å². The first kappa shape index (κ1) is 27.3. The first-order chi connectivity index (χ1) is 19.5. The van der Waals surface area contributed by atoms with E-state index in [1.165, 1.54) is 5.56 Å². The van der Waals surface area contributed by atoms with E-state index in [2.05, 4.69) is 38.7 Å². The molecule has 0 saturated heterocycles. The molecule has 4 aromatic rings. The second-order valence-electron chi connectivity index (χ2n) is 9.83. The molecule has 0 saturated carbocycles. The van der Waals surface area contributed by atoms with Crippen molar-refractivity contribution >= 4 is 40.0 Å². The number of allylic oxidation sites excluding steroid dienone is 5. The number of alkyl halides is 1. The number of hydrogen-bond acceptors (Lipinski definition) is 5. The minimum absolute atomic E-state index is 0.0691. The summed E-state index contributed by atoms with van der Waals surface area (Å²) in [7, 11) is 0. The van der Waals surface area contributed by atoms with E-state index < -0.39 is 5.38 Å². The zero-order valence-corrected chi connectivity index (χ0v) is 23.2. The van der Waals surface area contributed by atoms with Crippen molar-refractivity contribution in [2.75, 3.05) is 11.9 Å². The average Bonchev–Trinajstić information content (AvgIpc) is 3.39. The highest BCUT2D eigenvalue weighted by Gasteiger charge is 2.28. The van der Waals surface area contributed by atoms with Crippen LogP contribution < -0.4 is 10.6 Å². The number of imidazole rings is 1. The van der Waals surface area contributed by atoms with Crippen LogP contribution in [-0.2, 0) is 6.42 Å². The quantitative estimate of drug-likeness (QED) is 0.149. The fourth-order valence-electron chi connectivity index (χ4n) is 4.92. The lowest BCUT2D eigenvalue weighted by Gasteiger charge is -2.23. The molecule has 0 fully saturated rings. The molecule has 1 aliphatic carbocycles. The van der Waals surface area contributed by atoms with E-state index in [0.29, 0.717) is 22.7 Å². The summed E-state index contributed by atoms with van der Waals surface area (Å²) in [5.74, 6) is 0.162. The van der Waals surface area contributed by atoms with E-state index in [0.717, 1.165) is 48.3 Å². The molecule has 6 nitrogen and oxygen atoms in total. The average molecular weight is 555 g/mol. The van der Waals surface area contributed by atoms with E-state index in [9.17, 15) is 0 Å². The minimum Gasteiger partial charge on any atom is -0.385 e. The topological polar surface area (TPSA) is 67.1 Å². The van der Waals surface area contributed by atoms with Gasteiger partial charge in [0.15, 0.2) is 11.5 Å². The summed E-state index contributed by atoms with van der Waals surface area (Å²) in [6.07, 6.45) is 16.8. The van der Waals surface area contributed by atoms with Gasteiger partial charge in [0, 0.05) is 59.8 Å². The summed E-state index contributed by atoms with van der Waals surface area (Å²) in [4.78, 5) is 13.1. The number of pyridine rings is 1. The van der Waals surface area contributed by atoms with Crippen LogP contribution in [0.2, 0.25) is 0 Å². The van der Waals surface area contributed by atoms with E-state index in [1.54, 1.807) is 37.1 Å². The first-order valence-corrected chi connectivity index (χ1v) is 13.7. The number of nitrogens with one attached hydrogen (secondary N) is 2. The number of hydrogen-bond donors (Lipinski definition) is 2. The molecule has 3 heterocycles. The third kappa shape index (κ3) is 5.84. The van der Waals surface area contributed by atoms with Gasteiger partial charge in [0.2, 0.25) is 0 Å². The summed E-state index contributed by atoms with van der Waals surface area (Å²) >= 11 is 6.49. The third-order valence-corrected chi connectivity index (χ3v) is 7.62. The molecule has 1 aliphatic rings. The SMILES string of the molecule is C=CCCC1C=CC(c2cnc3c(Nc4ccc(C(=C)NCCc5ccncc5)c(C)c4)nccn23)=C(F)C1Cl. The predicted octanol–water partition coefficient (Wildman–Crippen LogP) is 7.42. The lowest BCUT2D eigenvalue weighted by Crippen LogP contribution is -2.18. The number of anilines is 2. The van der Waals surface area contributed by atoms with Crippen molar-refractivity contribution in [3.63, 3.8) is 0 Å². The van der Waals surface area contributed by atoms with E-state index in [4.69, 9.17) is 11.6 Å². The smallest absolute Gasteiger partial charge is 0.180 e. The minimum atomic E-state index is -0.716. The van der Waals surface area contributed by atoms with E-state index in [-0.39, 0.29) is 11.7 Å². The Hall–Kier alpha value is -4.23. The summed E-state index contributed by atoms with van der Waals surface area (Å²) in [5, 5.41) is 6.07. The van der Waals surface area contributed by atoms with E-state index in [1.807, 2.05) is 53.8 Å². The molecule has 2 unspecified atom stereocenters. The van der Waals surface area contributed by atoms with E-state index >= 15 is 4.39 Å². The molecule has 5 rings (SSSR count). The third-order valence-electron chi connectivity index (χ3n) is 7.11. The Morgan fingerprint density at radius 2 is 2.00 bits per heavy atom. The van der Waals surface area contributed by atoms with Crippen molar-refractivity contribution in [2.24, 2.45) is 5.92 Å². The van der Waals surface area contributed by atoms with Crippen LogP contribution in [0, 0.1) is 12.8 Å². The number of rotatable bonds is 11. The number of benzene rings is 1. The van der Waals surface area contributed by atoms with Gasteiger partial charge in [0.05, 0.1) is 17.3 Å². The lowest BCUT2D eigenvalue weighted by molar-refractivity contribution is 0.504. The molecular formula is C32H32ClFN6. The van der Waals surface area contributed by atoms with Crippen molar-refractivity contribution < 1.29 is 4.39 Å². The highest BCUT2D eigenvalue weighted by Crippen LogP contribution is 2.37. The van der Waals surface area contributed by atoms with Gasteiger partial charge < -0.3 is 10.6 Å². The predicted molar refractivity (Wildman–Crippen MR) is 162 cm³/mol. The monoisotopic (exact) mass is 554 g/mol. The number of aromatic nitrogens is 4. The molecule has 1 aromatic carbocycles. The van der Waals surface area contributed by atoms with Crippen LogP contribution in [0.5, 0.6) is 0 Å². The Kier molecular flexibility index (Phi) is 8.41. The standard InChI is InChI=1S/C32H32ClFN6/c1-4-5-6-24-7-9-27(30(34)29(24)33)28-20-38-32-31(37-17-18-40(28)32)39-25-8-10-26(21(2)19-25)22(3)36-16-13-23-11-14-35-15-12-23/h4,7-12,14-15,17-20,24,29,36H,1,3,5-6,13,16H2,2H3,(H,37,39). The highest BCUT2D eigenvalue weighted by molar-refractivity contribution is 6.23. The summed E-state index contributed by atoms with van der Waals surface area (Å²) in [5.41, 5.74) is 6.74. The maximum absolute atomic E-state index is 15.4. The normalized spacial score (nSPS) is 16.8. The Balaban J connectivity index is 1.30. The molecule has 0 spiro atoms. The lowest BCUT2D eigenvalue weighted by atomic mass is 9.90. The molecule has 8 heteroatoms. The van der Waals surface area contributed by atoms with Crippen molar-refractivity contribution in [3.8, 4) is 0 Å². The van der Waals surface area contributed by atoms with Gasteiger partial charge in [-0.15, -0.1) is 18.2 Å². The molecule has 2 atom stereocenters. The second kappa shape index (κ2) is 12.3. The Labute approximate surface area is 239 Å². The molecule has 0 bridgehead atoms. The number of nitrogens with zero attached hydrogens (tertiary/aromatic N) is 4. The molecule has 40 heavy (non-hydrogen) atoms. The first-order valence-electron chi connectivity index (χ1n) is 13.3. The van der Waals surface area contributed by atoms with Crippen molar-refractivity contribution in [1.29, 1.82) is 0 Å². The molecular weight excluding hydrogens is 523 g/mol. The second-order valence-corrected chi connectivity index (χ2v) is 10.3. The van der Waals surface area contributed by atoms with Crippen molar-refractivity contribution in [2.45, 2.75) is 31.6 Å². The van der Waals surface area contributed by atoms with Gasteiger partial charge >= 0.3 is 0 Å². The maximum Gasteiger partial charge on any atom is 0.180 e. The highest BCUT2D eigenvalue weighted by atomic mass is 35.5. The Morgan fingerprint density at radius 1 is 1.18 bits per heavy atom. The maximum atomic E-state index is 15.4. The van der Waals surface area contributed by atoms with Crippen LogP contribution in [0.4, 0.5) is 15.9 Å². The molecule has 0 aliphatic heterocycles. The summed E-state index contributed by atoms with van der Waals surface area (Å²) in [6, 6.07) is 10.1. The molecule has 0 amide bonds. The van der Waals surface area contributed by atoms with Crippen LogP contribution in [0.3, 0.4) is 0 Å². The van der Waals surface area contributed by atoms with Crippen LogP contribution in [-0.4, -0.2) is 31.3 Å². The van der Waals surface area contributed by atoms with Gasteiger partial charge in [0.1, 0.15) is 5.83 Å². The zero-order valence-electron chi connectivity index (χ0n) is 22.4. The summed E-state index contributed by atoms with van der Waals surface area (Å²) < 4.78 is 17.2. The van der Waals surface area contributed by atoms with Crippen molar-refractivity contribution in [3.05, 3.63) is 121 Å². The van der Waals surface area contributed by atoms with Crippen LogP contribution in [0.25, 0.3) is 16.9 Å². The number of halogens is 2. The van der Waals surface area contributed by atoms with Gasteiger partial charge in [-0.2, -0.15) is 0 Å². The Bertz CT molecular complexity index is 1590. The fraction of sp³-hybridized carbons (Fsp3) is 0.219. The number of fused-ring (bicyclic) bond motifs is 1. The molecule has 3 aromatic heterocycles. The van der Waals surface area contributed by atoms with Crippen molar-refractivity contribution in [1.82, 2.24) is 24.7 Å². The van der Waals surface area contributed by atoms with Gasteiger partial charge in [0.25, 0.3) is 0 Å². The van der Waals surface area contributed by atoms with Crippen LogP contribution >= 0.6 is 11.6 Å². The number of aryl methyl sites for hydroxylation is 1. The molecule has 0 radical (unpaired) electrons. The zero-order chi connectivity index (χ0) is 28.1. The molecule has 204 valence electrons. The van der Waals surface area contributed by atoms with Gasteiger partial charge in [-0.3, -0.25) is 9.38 Å². The Morgan fingerprint density at radius 3 is 2.77 bits per heavy atom. The molecule has 2 N–H and O–H groups in total. The van der Waals surface area contributed by atoms with Gasteiger partial charge in [-0.05, 0) is 61.6 Å². The van der Waals surface area contributed by atoms with Gasteiger partial charge in [-0.1, -0.05) is 30.9 Å². The van der Waals surface area contributed by atoms with Crippen LogP contribution in [0.1, 0.15) is 35.2 Å². The summed E-state index contributed by atoms with van der Waals surface area (Å²) in [6.45, 7) is 10.8. The van der Waals surface area contributed by atoms with Gasteiger partial charge in [-0.25, -0.2) is 14.4 Å². The fourth-order valence-corrected chi connectivity index (χ4v) is 5.25.